The highest BCUT2D eigenvalue weighted by molar-refractivity contribution is 5.97. The molecule has 0 bridgehead atoms. The third kappa shape index (κ3) is 2.79. The molecule has 0 saturated heterocycles. The monoisotopic (exact) mass is 277 g/mol. The van der Waals surface area contributed by atoms with Crippen LogP contribution in [0.2, 0.25) is 0 Å². The summed E-state index contributed by atoms with van der Waals surface area (Å²) in [5.74, 6) is 0. The third-order valence-corrected chi connectivity index (χ3v) is 4.35. The Labute approximate surface area is 127 Å². The van der Waals surface area contributed by atoms with Crippen LogP contribution < -0.4 is 0 Å². The van der Waals surface area contributed by atoms with Gasteiger partial charge in [-0.15, -0.1) is 0 Å². The van der Waals surface area contributed by atoms with E-state index in [4.69, 9.17) is 0 Å². The number of fused-ring (bicyclic) bond motifs is 1. The summed E-state index contributed by atoms with van der Waals surface area (Å²) >= 11 is 0. The van der Waals surface area contributed by atoms with Crippen LogP contribution in [0, 0.1) is 6.92 Å². The minimum Gasteiger partial charge on any atom is -0.309 e. The molecule has 0 amide bonds. The maximum atomic E-state index is 2.28. The molecule has 1 aliphatic rings. The number of hydrogen-bond donors (Lipinski definition) is 0. The summed E-state index contributed by atoms with van der Waals surface area (Å²) in [5.41, 5.74) is 8.79. The molecule has 2 aromatic rings. The van der Waals surface area contributed by atoms with Crippen molar-refractivity contribution in [3.8, 4) is 0 Å². The standard InChI is InChI=1S/C20H23N/c1-15-8-4-6-10-17(15)20-14-16-9-5-7-11-18(16)19(20)12-13-21(2)3/h4-11H,12-14H2,1-3H3. The molecule has 0 spiro atoms. The van der Waals surface area contributed by atoms with Crippen LogP contribution in [0.25, 0.3) is 11.1 Å². The topological polar surface area (TPSA) is 3.24 Å². The van der Waals surface area contributed by atoms with E-state index < -0.39 is 0 Å². The van der Waals surface area contributed by atoms with E-state index >= 15 is 0 Å². The lowest BCUT2D eigenvalue weighted by molar-refractivity contribution is 0.420. The molecule has 1 aliphatic carbocycles. The van der Waals surface area contributed by atoms with E-state index in [-0.39, 0.29) is 0 Å². The molecule has 2 aromatic carbocycles. The van der Waals surface area contributed by atoms with Crippen LogP contribution in [0.4, 0.5) is 0 Å². The quantitative estimate of drug-likeness (QED) is 0.800. The molecule has 108 valence electrons. The van der Waals surface area contributed by atoms with E-state index in [2.05, 4.69) is 74.4 Å². The Hall–Kier alpha value is -1.86. The van der Waals surface area contributed by atoms with Crippen molar-refractivity contribution in [1.82, 2.24) is 4.90 Å². The second-order valence-electron chi connectivity index (χ2n) is 6.16. The Morgan fingerprint density at radius 2 is 1.57 bits per heavy atom. The summed E-state index contributed by atoms with van der Waals surface area (Å²) in [6.07, 6.45) is 2.19. The van der Waals surface area contributed by atoms with E-state index in [1.807, 2.05) is 0 Å². The average molecular weight is 277 g/mol. The van der Waals surface area contributed by atoms with Gasteiger partial charge in [-0.3, -0.25) is 0 Å². The van der Waals surface area contributed by atoms with E-state index in [1.54, 1.807) is 0 Å². The van der Waals surface area contributed by atoms with Crippen molar-refractivity contribution < 1.29 is 0 Å². The Bertz CT molecular complexity index is 680. The van der Waals surface area contributed by atoms with Gasteiger partial charge in [0.15, 0.2) is 0 Å². The highest BCUT2D eigenvalue weighted by atomic mass is 15.0. The summed E-state index contributed by atoms with van der Waals surface area (Å²) in [6, 6.07) is 17.6. The molecular weight excluding hydrogens is 254 g/mol. The summed E-state index contributed by atoms with van der Waals surface area (Å²) in [4.78, 5) is 2.27. The molecule has 1 heteroatoms. The molecule has 0 atom stereocenters. The van der Waals surface area contributed by atoms with Crippen LogP contribution in [0.15, 0.2) is 48.5 Å². The number of hydrogen-bond acceptors (Lipinski definition) is 1. The van der Waals surface area contributed by atoms with Crippen molar-refractivity contribution in [2.24, 2.45) is 0 Å². The van der Waals surface area contributed by atoms with Gasteiger partial charge in [0.1, 0.15) is 0 Å². The predicted molar refractivity (Wildman–Crippen MR) is 91.3 cm³/mol. The van der Waals surface area contributed by atoms with Crippen molar-refractivity contribution >= 4 is 11.1 Å². The Balaban J connectivity index is 2.06. The van der Waals surface area contributed by atoms with Gasteiger partial charge >= 0.3 is 0 Å². The van der Waals surface area contributed by atoms with Crippen molar-refractivity contribution in [2.45, 2.75) is 19.8 Å². The summed E-state index contributed by atoms with van der Waals surface area (Å²) in [6.45, 7) is 3.31. The van der Waals surface area contributed by atoms with Gasteiger partial charge in [-0.2, -0.15) is 0 Å². The predicted octanol–water partition coefficient (Wildman–Crippen LogP) is 4.41. The van der Waals surface area contributed by atoms with Gasteiger partial charge in [-0.05, 0) is 67.3 Å². The molecule has 0 unspecified atom stereocenters. The van der Waals surface area contributed by atoms with E-state index in [0.717, 1.165) is 19.4 Å². The van der Waals surface area contributed by atoms with Crippen molar-refractivity contribution in [3.63, 3.8) is 0 Å². The highest BCUT2D eigenvalue weighted by Crippen LogP contribution is 2.40. The van der Waals surface area contributed by atoms with Gasteiger partial charge < -0.3 is 4.90 Å². The lowest BCUT2D eigenvalue weighted by Crippen LogP contribution is -2.13. The van der Waals surface area contributed by atoms with Gasteiger partial charge in [0.05, 0.1) is 0 Å². The lowest BCUT2D eigenvalue weighted by Gasteiger charge is -2.14. The third-order valence-electron chi connectivity index (χ3n) is 4.35. The molecule has 21 heavy (non-hydrogen) atoms. The first-order chi connectivity index (χ1) is 10.2. The van der Waals surface area contributed by atoms with Crippen molar-refractivity contribution in [2.75, 3.05) is 20.6 Å². The number of aryl methyl sites for hydroxylation is 1. The fourth-order valence-corrected chi connectivity index (χ4v) is 3.22. The van der Waals surface area contributed by atoms with Crippen molar-refractivity contribution in [3.05, 3.63) is 70.8 Å². The van der Waals surface area contributed by atoms with E-state index in [1.165, 1.54) is 33.4 Å². The number of rotatable bonds is 4. The molecule has 0 heterocycles. The van der Waals surface area contributed by atoms with Crippen LogP contribution in [-0.2, 0) is 6.42 Å². The lowest BCUT2D eigenvalue weighted by atomic mass is 9.95. The largest absolute Gasteiger partial charge is 0.309 e. The normalized spacial score (nSPS) is 13.9. The smallest absolute Gasteiger partial charge is 0.00160 e. The van der Waals surface area contributed by atoms with Crippen LogP contribution in [0.5, 0.6) is 0 Å². The van der Waals surface area contributed by atoms with Crippen LogP contribution in [0.3, 0.4) is 0 Å². The Morgan fingerprint density at radius 1 is 0.905 bits per heavy atom. The molecule has 0 aliphatic heterocycles. The number of benzene rings is 2. The van der Waals surface area contributed by atoms with Gasteiger partial charge in [-0.1, -0.05) is 48.5 Å². The Morgan fingerprint density at radius 3 is 2.29 bits per heavy atom. The van der Waals surface area contributed by atoms with Gasteiger partial charge in [0.25, 0.3) is 0 Å². The molecule has 0 aromatic heterocycles. The van der Waals surface area contributed by atoms with Gasteiger partial charge in [0, 0.05) is 6.54 Å². The maximum Gasteiger partial charge on any atom is 0.00160 e. The maximum absolute atomic E-state index is 2.28. The summed E-state index contributed by atoms with van der Waals surface area (Å²) in [5, 5.41) is 0. The molecule has 0 radical (unpaired) electrons. The summed E-state index contributed by atoms with van der Waals surface area (Å²) in [7, 11) is 4.30. The van der Waals surface area contributed by atoms with E-state index in [0.29, 0.717) is 0 Å². The molecule has 0 fully saturated rings. The van der Waals surface area contributed by atoms with Crippen LogP contribution >= 0.6 is 0 Å². The first-order valence-electron chi connectivity index (χ1n) is 7.68. The average Bonchev–Trinajstić information content (AvgIpc) is 2.84. The van der Waals surface area contributed by atoms with Gasteiger partial charge in [0.2, 0.25) is 0 Å². The molecule has 0 saturated carbocycles. The fourth-order valence-electron chi connectivity index (χ4n) is 3.22. The molecule has 0 N–H and O–H groups in total. The zero-order chi connectivity index (χ0) is 14.8. The second-order valence-corrected chi connectivity index (χ2v) is 6.16. The SMILES string of the molecule is Cc1ccccc1C1=C(CCN(C)C)c2ccccc2C1. The molecule has 1 nitrogen and oxygen atoms in total. The number of nitrogens with zero attached hydrogens (tertiary/aromatic N) is 1. The van der Waals surface area contributed by atoms with Crippen LogP contribution in [-0.4, -0.2) is 25.5 Å². The molecular formula is C20H23N. The van der Waals surface area contributed by atoms with Gasteiger partial charge in [-0.25, -0.2) is 0 Å². The van der Waals surface area contributed by atoms with Crippen LogP contribution in [0.1, 0.15) is 28.7 Å². The zero-order valence-electron chi connectivity index (χ0n) is 13.2. The van der Waals surface area contributed by atoms with Crippen molar-refractivity contribution in [1.29, 1.82) is 0 Å². The minimum absolute atomic E-state index is 1.07. The molecule has 3 rings (SSSR count). The highest BCUT2D eigenvalue weighted by Gasteiger charge is 2.22. The first kappa shape index (κ1) is 14.1. The minimum atomic E-state index is 1.07. The Kier molecular flexibility index (Phi) is 3.94. The number of allylic oxidation sites excluding steroid dienone is 1. The fraction of sp³-hybridized carbons (Fsp3) is 0.300. The second kappa shape index (κ2) is 5.87. The zero-order valence-corrected chi connectivity index (χ0v) is 13.2. The van der Waals surface area contributed by atoms with E-state index in [9.17, 15) is 0 Å². The summed E-state index contributed by atoms with van der Waals surface area (Å²) < 4.78 is 0. The first-order valence-corrected chi connectivity index (χ1v) is 7.68.